The number of fused-ring (bicyclic) bond motifs is 6. The van der Waals surface area contributed by atoms with E-state index in [1.807, 2.05) is 11.3 Å². The minimum absolute atomic E-state index is 1.13. The Labute approximate surface area is 307 Å². The first-order valence-electron chi connectivity index (χ1n) is 17.8. The lowest BCUT2D eigenvalue weighted by atomic mass is 9.89. The van der Waals surface area contributed by atoms with Crippen LogP contribution in [0.25, 0.3) is 75.1 Å². The summed E-state index contributed by atoms with van der Waals surface area (Å²) in [6, 6.07) is 73.2. The van der Waals surface area contributed by atoms with Crippen LogP contribution in [-0.2, 0) is 0 Å². The van der Waals surface area contributed by atoms with E-state index in [4.69, 9.17) is 0 Å². The third kappa shape index (κ3) is 5.16. The smallest absolute Gasteiger partial charge is 0.0619 e. The van der Waals surface area contributed by atoms with Crippen molar-refractivity contribution in [3.8, 4) is 33.4 Å². The average Bonchev–Trinajstić information content (AvgIpc) is 3.60. The molecule has 0 atom stereocenters. The van der Waals surface area contributed by atoms with Crippen molar-refractivity contribution in [3.63, 3.8) is 0 Å². The molecular weight excluding hydrogens is 647 g/mol. The van der Waals surface area contributed by atoms with Gasteiger partial charge in [0, 0.05) is 42.4 Å². The lowest BCUT2D eigenvalue weighted by molar-refractivity contribution is 1.31. The molecule has 2 heteroatoms. The molecule has 0 saturated heterocycles. The molecule has 0 aliphatic carbocycles. The van der Waals surface area contributed by atoms with Gasteiger partial charge in [0.25, 0.3) is 0 Å². The Kier molecular flexibility index (Phi) is 7.41. The Morgan fingerprint density at radius 2 is 0.846 bits per heavy atom. The summed E-state index contributed by atoms with van der Waals surface area (Å²) in [6.45, 7) is 0. The normalized spacial score (nSPS) is 11.5. The Morgan fingerprint density at radius 3 is 1.52 bits per heavy atom. The van der Waals surface area contributed by atoms with Crippen molar-refractivity contribution in [3.05, 3.63) is 200 Å². The quantitative estimate of drug-likeness (QED) is 0.158. The fraction of sp³-hybridized carbons (Fsp3) is 0. The maximum atomic E-state index is 2.54. The molecule has 1 heterocycles. The molecule has 0 radical (unpaired) electrons. The lowest BCUT2D eigenvalue weighted by Crippen LogP contribution is -2.13. The van der Waals surface area contributed by atoms with Crippen molar-refractivity contribution in [2.75, 3.05) is 4.90 Å². The zero-order valence-electron chi connectivity index (χ0n) is 28.4. The second-order valence-electron chi connectivity index (χ2n) is 13.3. The number of hydrogen-bond acceptors (Lipinski definition) is 2. The minimum Gasteiger partial charge on any atom is -0.309 e. The van der Waals surface area contributed by atoms with E-state index in [0.29, 0.717) is 0 Å². The highest BCUT2D eigenvalue weighted by atomic mass is 32.1. The summed E-state index contributed by atoms with van der Waals surface area (Å²) in [5.74, 6) is 0. The summed E-state index contributed by atoms with van der Waals surface area (Å²) >= 11 is 1.86. The molecule has 1 nitrogen and oxygen atoms in total. The molecule has 0 spiro atoms. The van der Waals surface area contributed by atoms with Gasteiger partial charge >= 0.3 is 0 Å². The highest BCUT2D eigenvalue weighted by molar-refractivity contribution is 7.25. The van der Waals surface area contributed by atoms with Crippen LogP contribution in [0.5, 0.6) is 0 Å². The molecule has 0 unspecified atom stereocenters. The summed E-state index contributed by atoms with van der Waals surface area (Å²) < 4.78 is 2.58. The van der Waals surface area contributed by atoms with Crippen molar-refractivity contribution in [1.29, 1.82) is 0 Å². The van der Waals surface area contributed by atoms with Crippen molar-refractivity contribution in [1.82, 2.24) is 0 Å². The van der Waals surface area contributed by atoms with Crippen LogP contribution in [-0.4, -0.2) is 0 Å². The molecule has 10 rings (SSSR count). The van der Waals surface area contributed by atoms with Crippen molar-refractivity contribution >= 4 is 70.1 Å². The van der Waals surface area contributed by atoms with Crippen molar-refractivity contribution in [2.45, 2.75) is 0 Å². The number of nitrogens with zero attached hydrogens (tertiary/aromatic N) is 1. The number of hydrogen-bond donors (Lipinski definition) is 0. The summed E-state index contributed by atoms with van der Waals surface area (Å²) in [5, 5.41) is 7.52. The molecule has 0 aliphatic heterocycles. The van der Waals surface area contributed by atoms with E-state index in [-0.39, 0.29) is 0 Å². The van der Waals surface area contributed by atoms with Gasteiger partial charge in [-0.2, -0.15) is 0 Å². The maximum Gasteiger partial charge on any atom is 0.0619 e. The first kappa shape index (κ1) is 30.4. The van der Waals surface area contributed by atoms with Crippen LogP contribution >= 0.6 is 11.3 Å². The van der Waals surface area contributed by atoms with E-state index >= 15 is 0 Å². The average molecular weight is 680 g/mol. The van der Waals surface area contributed by atoms with Crippen LogP contribution < -0.4 is 4.90 Å². The summed E-state index contributed by atoms with van der Waals surface area (Å²) in [4.78, 5) is 2.54. The standard InChI is InChI=1S/C50H33NS/c1-4-16-34(17-5-1)38-30-45(35-18-6-2-7-19-35)50(46(31-38)36-20-8-3-9-21-36)51(39-28-29-44-43-26-14-15-27-48(43)52-49(44)33-39)47-32-37-22-10-11-23-40(37)41-24-12-13-25-42(41)47/h1-33H. The highest BCUT2D eigenvalue weighted by Crippen LogP contribution is 2.51. The maximum absolute atomic E-state index is 2.54. The fourth-order valence-corrected chi connectivity index (χ4v) is 8.95. The van der Waals surface area contributed by atoms with E-state index in [2.05, 4.69) is 205 Å². The van der Waals surface area contributed by atoms with Crippen LogP contribution in [0.1, 0.15) is 0 Å². The zero-order valence-corrected chi connectivity index (χ0v) is 29.2. The molecule has 0 aliphatic rings. The first-order valence-corrected chi connectivity index (χ1v) is 18.6. The Morgan fingerprint density at radius 1 is 0.327 bits per heavy atom. The molecule has 0 saturated carbocycles. The molecule has 0 N–H and O–H groups in total. The molecule has 0 fully saturated rings. The molecule has 244 valence electrons. The lowest BCUT2D eigenvalue weighted by Gasteiger charge is -2.32. The minimum atomic E-state index is 1.13. The van der Waals surface area contributed by atoms with Crippen LogP contribution in [0, 0.1) is 0 Å². The molecule has 10 aromatic rings. The Hall–Kier alpha value is -6.48. The van der Waals surface area contributed by atoms with E-state index in [1.54, 1.807) is 0 Å². The van der Waals surface area contributed by atoms with Crippen LogP contribution in [0.15, 0.2) is 200 Å². The number of rotatable bonds is 6. The summed E-state index contributed by atoms with van der Waals surface area (Å²) in [5.41, 5.74) is 10.5. The van der Waals surface area contributed by atoms with Crippen molar-refractivity contribution in [2.24, 2.45) is 0 Å². The summed E-state index contributed by atoms with van der Waals surface area (Å²) in [6.07, 6.45) is 0. The second-order valence-corrected chi connectivity index (χ2v) is 14.4. The van der Waals surface area contributed by atoms with Gasteiger partial charge in [-0.05, 0) is 74.8 Å². The predicted octanol–water partition coefficient (Wildman–Crippen LogP) is 14.8. The largest absolute Gasteiger partial charge is 0.309 e. The van der Waals surface area contributed by atoms with Gasteiger partial charge < -0.3 is 4.90 Å². The van der Waals surface area contributed by atoms with Gasteiger partial charge in [0.05, 0.1) is 11.4 Å². The molecule has 1 aromatic heterocycles. The van der Waals surface area contributed by atoms with Gasteiger partial charge in [-0.25, -0.2) is 0 Å². The molecule has 52 heavy (non-hydrogen) atoms. The predicted molar refractivity (Wildman–Crippen MR) is 225 cm³/mol. The van der Waals surface area contributed by atoms with Crippen LogP contribution in [0.2, 0.25) is 0 Å². The van der Waals surface area contributed by atoms with E-state index in [1.165, 1.54) is 75.1 Å². The van der Waals surface area contributed by atoms with Crippen LogP contribution in [0.4, 0.5) is 17.1 Å². The monoisotopic (exact) mass is 679 g/mol. The van der Waals surface area contributed by atoms with E-state index in [9.17, 15) is 0 Å². The van der Waals surface area contributed by atoms with Gasteiger partial charge in [0.15, 0.2) is 0 Å². The van der Waals surface area contributed by atoms with Gasteiger partial charge in [-0.3, -0.25) is 0 Å². The van der Waals surface area contributed by atoms with E-state index in [0.717, 1.165) is 17.1 Å². The van der Waals surface area contributed by atoms with E-state index < -0.39 is 0 Å². The van der Waals surface area contributed by atoms with Gasteiger partial charge in [0.1, 0.15) is 0 Å². The Balaban J connectivity index is 1.37. The second kappa shape index (κ2) is 12.7. The molecule has 9 aromatic carbocycles. The van der Waals surface area contributed by atoms with Gasteiger partial charge in [-0.1, -0.05) is 164 Å². The van der Waals surface area contributed by atoms with Gasteiger partial charge in [-0.15, -0.1) is 11.3 Å². The highest BCUT2D eigenvalue weighted by Gasteiger charge is 2.26. The first-order chi connectivity index (χ1) is 25.8. The number of benzene rings is 9. The number of anilines is 3. The fourth-order valence-electron chi connectivity index (χ4n) is 7.81. The SMILES string of the molecule is c1ccc(-c2cc(-c3ccccc3)c(N(c3ccc4c(c3)sc3ccccc34)c3cc4ccccc4c4ccccc34)c(-c3ccccc3)c2)cc1. The van der Waals surface area contributed by atoms with Crippen LogP contribution in [0.3, 0.4) is 0 Å². The molecule has 0 amide bonds. The molecular formula is C50H33NS. The number of thiophene rings is 1. The Bertz CT molecular complexity index is 2830. The van der Waals surface area contributed by atoms with Crippen molar-refractivity contribution < 1.29 is 0 Å². The third-order valence-electron chi connectivity index (χ3n) is 10.2. The topological polar surface area (TPSA) is 3.24 Å². The summed E-state index contributed by atoms with van der Waals surface area (Å²) in [7, 11) is 0. The zero-order chi connectivity index (χ0) is 34.4. The van der Waals surface area contributed by atoms with Gasteiger partial charge in [0.2, 0.25) is 0 Å². The third-order valence-corrected chi connectivity index (χ3v) is 11.4. The molecule has 0 bridgehead atoms.